The van der Waals surface area contributed by atoms with Crippen LogP contribution in [0.1, 0.15) is 59.3 Å². The molecular weight excluding hydrogens is 567 g/mol. The number of rotatable bonds is 12. The number of phosphoric ester groups is 1. The van der Waals surface area contributed by atoms with Gasteiger partial charge >= 0.3 is 13.8 Å². The van der Waals surface area contributed by atoms with Crippen molar-refractivity contribution in [3.8, 4) is 11.3 Å². The number of carbonyl (C=O) groups excluding carboxylic acids is 1. The van der Waals surface area contributed by atoms with E-state index in [-0.39, 0.29) is 25.8 Å². The predicted molar refractivity (Wildman–Crippen MR) is 150 cm³/mol. The Balaban J connectivity index is 1.44. The van der Waals surface area contributed by atoms with Gasteiger partial charge in [-0.05, 0) is 53.2 Å². The third kappa shape index (κ3) is 6.14. The fraction of sp³-hybridized carbons (Fsp3) is 0.571. The van der Waals surface area contributed by atoms with Gasteiger partial charge in [0, 0.05) is 5.56 Å². The highest BCUT2D eigenvalue weighted by Crippen LogP contribution is 2.51. The normalized spacial score (nSPS) is 24.1. The topological polar surface area (TPSA) is 142 Å². The molecule has 2 saturated heterocycles. The summed E-state index contributed by atoms with van der Waals surface area (Å²) in [4.78, 5) is 26.0. The van der Waals surface area contributed by atoms with Gasteiger partial charge in [-0.25, -0.2) is 19.5 Å². The minimum atomic E-state index is -3.77. The maximum Gasteiger partial charge on any atom is 0.474 e. The zero-order valence-electron chi connectivity index (χ0n) is 24.6. The first-order chi connectivity index (χ1) is 20.1. The molecule has 2 aromatic heterocycles. The quantitative estimate of drug-likeness (QED) is 0.207. The number of phosphoric acid groups is 1. The molecule has 2 fully saturated rings. The molecular formula is C28H37N4O9P. The molecule has 0 spiro atoms. The molecule has 42 heavy (non-hydrogen) atoms. The molecule has 2 aliphatic rings. The highest BCUT2D eigenvalue weighted by molar-refractivity contribution is 7.48. The van der Waals surface area contributed by atoms with Crippen LogP contribution >= 0.6 is 7.82 Å². The smallest absolute Gasteiger partial charge is 0.466 e. The summed E-state index contributed by atoms with van der Waals surface area (Å²) in [6.07, 6.45) is 0.709. The largest absolute Gasteiger partial charge is 0.474 e. The first kappa shape index (κ1) is 30.7. The molecule has 3 aromatic rings. The number of esters is 1. The van der Waals surface area contributed by atoms with Gasteiger partial charge in [-0.2, -0.15) is 0 Å². The number of hydrogen-bond donors (Lipinski definition) is 0. The Bertz CT molecular complexity index is 1450. The van der Waals surface area contributed by atoms with Gasteiger partial charge in [-0.15, -0.1) is 0 Å². The second-order valence-corrected chi connectivity index (χ2v) is 12.0. The zero-order valence-corrected chi connectivity index (χ0v) is 25.5. The summed E-state index contributed by atoms with van der Waals surface area (Å²) in [7, 11) is -3.77. The van der Waals surface area contributed by atoms with Crippen LogP contribution in [0.2, 0.25) is 0 Å². The van der Waals surface area contributed by atoms with Gasteiger partial charge in [0.2, 0.25) is 0 Å². The van der Waals surface area contributed by atoms with Crippen LogP contribution in [0.15, 0.2) is 36.9 Å². The van der Waals surface area contributed by atoms with Crippen molar-refractivity contribution >= 4 is 25.0 Å². The first-order valence-electron chi connectivity index (χ1n) is 14.1. The van der Waals surface area contributed by atoms with Gasteiger partial charge < -0.3 is 18.9 Å². The Morgan fingerprint density at radius 1 is 1.05 bits per heavy atom. The average molecular weight is 605 g/mol. The number of hydrogen-bond acceptors (Lipinski definition) is 12. The predicted octanol–water partition coefficient (Wildman–Crippen LogP) is 4.78. The lowest BCUT2D eigenvalue weighted by molar-refractivity contribution is -0.199. The van der Waals surface area contributed by atoms with E-state index in [4.69, 9.17) is 32.5 Å². The van der Waals surface area contributed by atoms with Crippen molar-refractivity contribution < 1.29 is 41.9 Å². The molecule has 0 amide bonds. The second kappa shape index (κ2) is 12.5. The molecule has 1 aromatic carbocycles. The lowest BCUT2D eigenvalue weighted by Crippen LogP contribution is -2.32. The molecule has 2 unspecified atom stereocenters. The van der Waals surface area contributed by atoms with Crippen LogP contribution < -0.4 is 0 Å². The fourth-order valence-electron chi connectivity index (χ4n) is 5.22. The summed E-state index contributed by atoms with van der Waals surface area (Å²) >= 11 is 0. The number of imidazole rings is 1. The van der Waals surface area contributed by atoms with Crippen molar-refractivity contribution in [3.63, 3.8) is 0 Å². The van der Waals surface area contributed by atoms with Gasteiger partial charge in [-0.1, -0.05) is 18.2 Å². The van der Waals surface area contributed by atoms with Crippen LogP contribution in [0.25, 0.3) is 22.4 Å². The third-order valence-electron chi connectivity index (χ3n) is 7.03. The third-order valence-corrected chi connectivity index (χ3v) is 8.64. The molecule has 2 aliphatic heterocycles. The van der Waals surface area contributed by atoms with Crippen molar-refractivity contribution in [3.05, 3.63) is 42.5 Å². The summed E-state index contributed by atoms with van der Waals surface area (Å²) in [5.74, 6) is -1.61. The molecule has 5 atom stereocenters. The highest BCUT2D eigenvalue weighted by Gasteiger charge is 2.56. The van der Waals surface area contributed by atoms with E-state index < -0.39 is 44.1 Å². The van der Waals surface area contributed by atoms with Crippen molar-refractivity contribution in [2.75, 3.05) is 26.4 Å². The number of carbonyl (C=O) groups is 1. The summed E-state index contributed by atoms with van der Waals surface area (Å²) in [6, 6.07) is 7.56. The Hall–Kier alpha value is -2.77. The molecule has 0 saturated carbocycles. The van der Waals surface area contributed by atoms with Crippen LogP contribution in [-0.4, -0.2) is 76.0 Å². The van der Waals surface area contributed by atoms with Crippen LogP contribution in [0, 0.1) is 0 Å². The van der Waals surface area contributed by atoms with Crippen molar-refractivity contribution in [2.45, 2.75) is 77.8 Å². The Kier molecular flexibility index (Phi) is 9.10. The van der Waals surface area contributed by atoms with E-state index in [9.17, 15) is 9.36 Å². The molecule has 228 valence electrons. The maximum absolute atomic E-state index is 12.9. The van der Waals surface area contributed by atoms with Crippen LogP contribution in [0.4, 0.5) is 0 Å². The highest BCUT2D eigenvalue weighted by atomic mass is 31.2. The lowest BCUT2D eigenvalue weighted by atomic mass is 9.98. The average Bonchev–Trinajstić information content (AvgIpc) is 3.62. The zero-order chi connectivity index (χ0) is 30.1. The Morgan fingerprint density at radius 3 is 2.50 bits per heavy atom. The molecule has 0 bridgehead atoms. The standard InChI is InChI=1S/C28H37N4O9P/c1-7-35-27(33)17(4)18-11-10-12-19(13-18)21-22-25(30-15-29-21)32(16-31-22)26-24-23(40-28(5,6)41-24)20(39-26)14-38-42(34,36-8-2)37-9-3/h10-13,15-17,20,23-24,26H,7-9,14H2,1-6H3/t17-,20+,23?,24?,26+/m0/s1. The van der Waals surface area contributed by atoms with Gasteiger partial charge in [0.15, 0.2) is 17.7 Å². The summed E-state index contributed by atoms with van der Waals surface area (Å²) in [6.45, 7) is 11.2. The van der Waals surface area contributed by atoms with Gasteiger partial charge in [-0.3, -0.25) is 22.9 Å². The minimum Gasteiger partial charge on any atom is -0.466 e. The van der Waals surface area contributed by atoms with E-state index in [0.717, 1.165) is 11.1 Å². The van der Waals surface area contributed by atoms with E-state index in [1.54, 1.807) is 31.7 Å². The molecule has 5 rings (SSSR count). The van der Waals surface area contributed by atoms with Crippen LogP contribution in [-0.2, 0) is 41.9 Å². The molecule has 13 nitrogen and oxygen atoms in total. The van der Waals surface area contributed by atoms with E-state index in [0.29, 0.717) is 23.5 Å². The summed E-state index contributed by atoms with van der Waals surface area (Å²) in [5, 5.41) is 0. The first-order valence-corrected chi connectivity index (χ1v) is 15.5. The minimum absolute atomic E-state index is 0.104. The van der Waals surface area contributed by atoms with Gasteiger partial charge in [0.1, 0.15) is 35.8 Å². The molecule has 4 heterocycles. The number of aromatic nitrogens is 4. The van der Waals surface area contributed by atoms with Gasteiger partial charge in [0.25, 0.3) is 0 Å². The molecule has 0 radical (unpaired) electrons. The SMILES string of the molecule is CCOC(=O)[C@@H](C)c1cccc(-c2ncnc3c2ncn3[C@@H]2O[C@H](COP(=O)(OCC)OCC)C3OC(C)(C)OC32)c1. The molecule has 0 aliphatic carbocycles. The van der Waals surface area contributed by atoms with Crippen LogP contribution in [0.3, 0.4) is 0 Å². The van der Waals surface area contributed by atoms with E-state index >= 15 is 0 Å². The number of nitrogens with zero attached hydrogens (tertiary/aromatic N) is 4. The number of ether oxygens (including phenoxy) is 4. The van der Waals surface area contributed by atoms with E-state index in [1.807, 2.05) is 45.0 Å². The van der Waals surface area contributed by atoms with Crippen molar-refractivity contribution in [1.82, 2.24) is 19.5 Å². The van der Waals surface area contributed by atoms with E-state index in [2.05, 4.69) is 15.0 Å². The molecule has 0 N–H and O–H groups in total. The van der Waals surface area contributed by atoms with Gasteiger partial charge in [0.05, 0.1) is 38.7 Å². The monoisotopic (exact) mass is 604 g/mol. The Morgan fingerprint density at radius 2 is 1.79 bits per heavy atom. The fourth-order valence-corrected chi connectivity index (χ4v) is 6.40. The Labute approximate surface area is 244 Å². The van der Waals surface area contributed by atoms with Crippen molar-refractivity contribution in [1.29, 1.82) is 0 Å². The molecule has 14 heteroatoms. The number of benzene rings is 1. The summed E-state index contributed by atoms with van der Waals surface area (Å²) in [5.41, 5.74) is 3.26. The summed E-state index contributed by atoms with van der Waals surface area (Å²) < 4.78 is 54.9. The maximum atomic E-state index is 12.9. The number of fused-ring (bicyclic) bond motifs is 2. The van der Waals surface area contributed by atoms with Crippen LogP contribution in [0.5, 0.6) is 0 Å². The van der Waals surface area contributed by atoms with E-state index in [1.165, 1.54) is 6.33 Å². The second-order valence-electron chi connectivity index (χ2n) is 10.4. The lowest BCUT2D eigenvalue weighted by Gasteiger charge is -2.25. The van der Waals surface area contributed by atoms with Crippen molar-refractivity contribution in [2.24, 2.45) is 0 Å².